The molecule has 11 heteroatoms. The maximum absolute atomic E-state index is 15.3. The van der Waals surface area contributed by atoms with Gasteiger partial charge in [-0.3, -0.25) is 14.4 Å². The first-order valence-corrected chi connectivity index (χ1v) is 21.9. The maximum atomic E-state index is 15.3. The second kappa shape index (κ2) is 15.5. The van der Waals surface area contributed by atoms with Gasteiger partial charge in [-0.05, 0) is 47.0 Å². The molecule has 0 saturated carbocycles. The number of benzene rings is 4. The van der Waals surface area contributed by atoms with Crippen LogP contribution >= 0.6 is 0 Å². The normalized spacial score (nSPS) is 22.5. The lowest BCUT2D eigenvalue weighted by atomic mass is 9.82. The van der Waals surface area contributed by atoms with Gasteiger partial charge in [0, 0.05) is 43.3 Å². The van der Waals surface area contributed by atoms with E-state index in [0.29, 0.717) is 26.2 Å². The average Bonchev–Trinajstić information content (AvgIpc) is 3.61. The minimum Gasteiger partial charge on any atom is -0.497 e. The van der Waals surface area contributed by atoms with Gasteiger partial charge >= 0.3 is 0 Å². The number of ether oxygens (including phenoxy) is 2. The molecule has 7 rings (SSSR count). The Morgan fingerprint density at radius 2 is 1.67 bits per heavy atom. The number of carbonyl (C=O) groups excluding carboxylic acids is 3. The Labute approximate surface area is 318 Å². The van der Waals surface area contributed by atoms with Crippen molar-refractivity contribution < 1.29 is 29.0 Å². The van der Waals surface area contributed by atoms with E-state index < -0.39 is 19.8 Å². The Kier molecular flexibility index (Phi) is 10.8. The fourth-order valence-electron chi connectivity index (χ4n) is 8.99. The zero-order valence-corrected chi connectivity index (χ0v) is 32.5. The lowest BCUT2D eigenvalue weighted by Gasteiger charge is -2.37. The smallest absolute Gasteiger partial charge is 0.264 e. The highest BCUT2D eigenvalue weighted by Crippen LogP contribution is 2.60. The predicted molar refractivity (Wildman–Crippen MR) is 212 cm³/mol. The number of amides is 3. The summed E-state index contributed by atoms with van der Waals surface area (Å²) in [6, 6.07) is 33.7. The number of hydrogen-bond acceptors (Lipinski definition) is 7. The van der Waals surface area contributed by atoms with E-state index in [2.05, 4.69) is 37.5 Å². The average molecular weight is 747 g/mol. The summed E-state index contributed by atoms with van der Waals surface area (Å²) >= 11 is 0. The molecule has 3 amide bonds. The monoisotopic (exact) mass is 746 g/mol. The molecular weight excluding hydrogens is 697 g/mol. The summed E-state index contributed by atoms with van der Waals surface area (Å²) in [5.41, 5.74) is 2.60. The molecule has 2 N–H and O–H groups in total. The molecule has 54 heavy (non-hydrogen) atoms. The van der Waals surface area contributed by atoms with Crippen molar-refractivity contribution in [3.05, 3.63) is 120 Å². The van der Waals surface area contributed by atoms with Gasteiger partial charge in [0.05, 0.1) is 53.1 Å². The Balaban J connectivity index is 1.34. The van der Waals surface area contributed by atoms with Crippen molar-refractivity contribution in [1.82, 2.24) is 10.2 Å². The highest BCUT2D eigenvalue weighted by molar-refractivity contribution is 6.91. The molecule has 282 valence electrons. The molecule has 0 aliphatic carbocycles. The summed E-state index contributed by atoms with van der Waals surface area (Å²) < 4.78 is 12.8. The lowest BCUT2D eigenvalue weighted by molar-refractivity contribution is -0.150. The van der Waals surface area contributed by atoms with Gasteiger partial charge in [-0.25, -0.2) is 0 Å². The van der Waals surface area contributed by atoms with Crippen molar-refractivity contribution in [3.63, 3.8) is 0 Å². The van der Waals surface area contributed by atoms with Crippen molar-refractivity contribution in [2.45, 2.75) is 56.8 Å². The minimum absolute atomic E-state index is 0.0297. The van der Waals surface area contributed by atoms with Crippen molar-refractivity contribution in [3.8, 4) is 5.75 Å². The van der Waals surface area contributed by atoms with Gasteiger partial charge < -0.3 is 34.6 Å². The van der Waals surface area contributed by atoms with Crippen LogP contribution in [0.25, 0.3) is 0 Å². The Hall–Kier alpha value is -4.81. The largest absolute Gasteiger partial charge is 0.497 e. The zero-order valence-electron chi connectivity index (χ0n) is 31.5. The van der Waals surface area contributed by atoms with E-state index in [-0.39, 0.29) is 55.3 Å². The molecule has 3 heterocycles. The fourth-order valence-corrected chi connectivity index (χ4v) is 13.0. The molecule has 10 nitrogen and oxygen atoms in total. The highest BCUT2D eigenvalue weighted by Gasteiger charge is 2.66. The number of hydrogen-bond donors (Lipinski definition) is 2. The van der Waals surface area contributed by atoms with Crippen LogP contribution in [0.4, 0.5) is 11.4 Å². The molecule has 4 aromatic carbocycles. The van der Waals surface area contributed by atoms with Gasteiger partial charge in [0.1, 0.15) is 5.75 Å². The highest BCUT2D eigenvalue weighted by atomic mass is 28.3. The third-order valence-electron chi connectivity index (χ3n) is 11.7. The Bertz CT molecular complexity index is 1980. The zero-order chi connectivity index (χ0) is 38.0. The molecule has 4 aromatic rings. The Morgan fingerprint density at radius 3 is 2.31 bits per heavy atom. The van der Waals surface area contributed by atoms with Crippen LogP contribution in [0.2, 0.25) is 18.6 Å². The van der Waals surface area contributed by atoms with Gasteiger partial charge in [0.2, 0.25) is 11.8 Å². The number of nitrogens with one attached hydrogen (secondary N) is 1. The summed E-state index contributed by atoms with van der Waals surface area (Å²) in [7, 11) is -0.895. The van der Waals surface area contributed by atoms with Crippen LogP contribution in [0, 0.1) is 5.92 Å². The van der Waals surface area contributed by atoms with E-state index >= 15 is 4.79 Å². The van der Waals surface area contributed by atoms with Gasteiger partial charge in [-0.15, -0.1) is 0 Å². The molecular formula is C43H50N4O6Si. The molecule has 4 atom stereocenters. The molecule has 1 spiro atoms. The quantitative estimate of drug-likeness (QED) is 0.201. The van der Waals surface area contributed by atoms with Crippen LogP contribution in [0.1, 0.15) is 30.0 Å². The van der Waals surface area contributed by atoms with Crippen LogP contribution in [-0.2, 0) is 37.8 Å². The first-order valence-electron chi connectivity index (χ1n) is 18.8. The number of anilines is 2. The number of nitrogens with zero attached hydrogens (tertiary/aromatic N) is 3. The number of rotatable bonds is 12. The minimum atomic E-state index is -2.54. The number of fused-ring (bicyclic) bond motifs is 2. The van der Waals surface area contributed by atoms with Crippen LogP contribution in [0.15, 0.2) is 103 Å². The van der Waals surface area contributed by atoms with E-state index in [4.69, 9.17) is 9.47 Å². The topological polar surface area (TPSA) is 112 Å². The number of methoxy groups -OCH3 is 1. The van der Waals surface area contributed by atoms with Gasteiger partial charge in [0.15, 0.2) is 5.60 Å². The standard InChI is InChI=1S/C43H50N4O6Si/c1-30-41(54(3,4)35-18-16-34(52-2)17-19-35)38(26-39(49)45(23-24-48)28-31-11-7-5-8-12-31)53-43(30)36-25-33(46-22-21-44-27-40(46)50)15-20-37(36)47(42(43)51)29-32-13-9-6-10-14-32/h5-20,25,30,38,41,44,48H,21-24,26-29H2,1-4H3/t30-,38+,41-,43+/m0/s1. The van der Waals surface area contributed by atoms with Crippen LogP contribution in [-0.4, -0.2) is 81.8 Å². The summed E-state index contributed by atoms with van der Waals surface area (Å²) in [5.74, 6) is 0.0973. The predicted octanol–water partition coefficient (Wildman–Crippen LogP) is 4.81. The molecule has 0 unspecified atom stereocenters. The SMILES string of the molecule is COc1ccc([Si](C)(C)[C@@H]2[C@@H](CC(=O)N(CCO)Cc3ccccc3)O[C@]3(C(=O)N(Cc4ccccc4)c4ccc(N5CCNCC5=O)cc43)[C@H]2C)cc1. The van der Waals surface area contributed by atoms with Crippen LogP contribution in [0.5, 0.6) is 5.75 Å². The number of piperazine rings is 1. The van der Waals surface area contributed by atoms with E-state index in [9.17, 15) is 14.7 Å². The molecule has 0 bridgehead atoms. The molecule has 0 radical (unpaired) electrons. The van der Waals surface area contributed by atoms with Crippen molar-refractivity contribution in [1.29, 1.82) is 0 Å². The van der Waals surface area contributed by atoms with Crippen molar-refractivity contribution in [2.75, 3.05) is 49.7 Å². The van der Waals surface area contributed by atoms with E-state index in [1.54, 1.807) is 16.9 Å². The molecule has 0 aromatic heterocycles. The number of carbonyl (C=O) groups is 3. The lowest BCUT2D eigenvalue weighted by Crippen LogP contribution is -2.52. The van der Waals surface area contributed by atoms with E-state index in [1.165, 1.54) is 5.19 Å². The summed E-state index contributed by atoms with van der Waals surface area (Å²) in [5, 5.41) is 14.4. The fraction of sp³-hybridized carbons (Fsp3) is 0.372. The van der Waals surface area contributed by atoms with Crippen LogP contribution < -0.4 is 25.0 Å². The van der Waals surface area contributed by atoms with E-state index in [1.807, 2.05) is 95.9 Å². The van der Waals surface area contributed by atoms with Crippen molar-refractivity contribution in [2.24, 2.45) is 5.92 Å². The summed E-state index contributed by atoms with van der Waals surface area (Å²) in [6.07, 6.45) is -0.556. The molecule has 3 aliphatic rings. The summed E-state index contributed by atoms with van der Waals surface area (Å²) in [4.78, 5) is 48.2. The van der Waals surface area contributed by atoms with Gasteiger partial charge in [-0.2, -0.15) is 0 Å². The van der Waals surface area contributed by atoms with E-state index in [0.717, 1.165) is 33.8 Å². The van der Waals surface area contributed by atoms with Gasteiger partial charge in [0.25, 0.3) is 5.91 Å². The Morgan fingerprint density at radius 1 is 0.981 bits per heavy atom. The second-order valence-electron chi connectivity index (χ2n) is 15.2. The maximum Gasteiger partial charge on any atom is 0.264 e. The summed E-state index contributed by atoms with van der Waals surface area (Å²) in [6.45, 7) is 8.84. The molecule has 2 saturated heterocycles. The third kappa shape index (κ3) is 6.85. The first-order chi connectivity index (χ1) is 26.1. The second-order valence-corrected chi connectivity index (χ2v) is 19.9. The van der Waals surface area contributed by atoms with Crippen molar-refractivity contribution >= 4 is 42.4 Å². The number of aliphatic hydroxyl groups is 1. The molecule has 2 fully saturated rings. The first kappa shape index (κ1) is 37.5. The van der Waals surface area contributed by atoms with Crippen LogP contribution in [0.3, 0.4) is 0 Å². The molecule has 3 aliphatic heterocycles. The third-order valence-corrected chi connectivity index (χ3v) is 16.1. The number of aliphatic hydroxyl groups excluding tert-OH is 1. The van der Waals surface area contributed by atoms with Gasteiger partial charge in [-0.1, -0.05) is 98.0 Å².